The van der Waals surface area contributed by atoms with Gasteiger partial charge in [-0.15, -0.1) is 4.98 Å². The molecule has 0 saturated carbocycles. The molecule has 0 atom stereocenters. The smallest absolute Gasteiger partial charge is 0.272 e. The maximum absolute atomic E-state index is 14.6. The number of aromatic nitrogens is 4. The molecule has 1 amide bonds. The fraction of sp³-hybridized carbons (Fsp3) is 0.0870. The summed E-state index contributed by atoms with van der Waals surface area (Å²) < 4.78 is 16.2. The lowest BCUT2D eigenvalue weighted by atomic mass is 10.1. The van der Waals surface area contributed by atoms with Crippen molar-refractivity contribution in [1.29, 1.82) is 0 Å². The fourth-order valence-corrected chi connectivity index (χ4v) is 3.03. The minimum Gasteiger partial charge on any atom is -0.360 e. The van der Waals surface area contributed by atoms with Crippen molar-refractivity contribution in [3.05, 3.63) is 101 Å². The molecule has 0 spiro atoms. The number of aryl methyl sites for hydroxylation is 1. The molecule has 3 heterocycles. The van der Waals surface area contributed by atoms with Crippen LogP contribution in [0.5, 0.6) is 0 Å². The lowest BCUT2D eigenvalue weighted by molar-refractivity contribution is 0.0945. The zero-order chi connectivity index (χ0) is 21.8. The molecule has 0 saturated heterocycles. The van der Waals surface area contributed by atoms with Crippen LogP contribution in [-0.2, 0) is 6.54 Å². The number of hydrogen-bond acceptors (Lipinski definition) is 4. The Labute approximate surface area is 178 Å². The molecule has 1 aromatic carbocycles. The summed E-state index contributed by atoms with van der Waals surface area (Å²) in [7, 11) is 0. The summed E-state index contributed by atoms with van der Waals surface area (Å²) in [5.41, 5.74) is 3.39. The van der Waals surface area contributed by atoms with Crippen molar-refractivity contribution in [1.82, 2.24) is 25.1 Å². The van der Waals surface area contributed by atoms with Gasteiger partial charge in [0.25, 0.3) is 11.7 Å². The van der Waals surface area contributed by atoms with Gasteiger partial charge in [0.05, 0.1) is 11.4 Å². The number of nitrogens with one attached hydrogen (secondary N) is 1. The van der Waals surface area contributed by atoms with Gasteiger partial charge in [0, 0.05) is 30.1 Å². The molecule has 0 fully saturated rings. The number of rotatable bonds is 5. The van der Waals surface area contributed by atoms with Crippen LogP contribution in [0.2, 0.25) is 0 Å². The summed E-state index contributed by atoms with van der Waals surface area (Å²) in [5.74, 6) is -0.459. The third-order valence-electron chi connectivity index (χ3n) is 4.68. The average Bonchev–Trinajstić information content (AvgIpc) is 3.29. The molecule has 0 bridgehead atoms. The number of amides is 1. The van der Waals surface area contributed by atoms with Crippen LogP contribution < -0.4 is 5.32 Å². The molecule has 0 aliphatic carbocycles. The van der Waals surface area contributed by atoms with Gasteiger partial charge in [-0.3, -0.25) is 9.78 Å². The van der Waals surface area contributed by atoms with Gasteiger partial charge >= 0.3 is 0 Å². The number of carbonyl (C=O) groups excluding carboxylic acids is 1. The third kappa shape index (κ3) is 4.31. The van der Waals surface area contributed by atoms with E-state index in [1.807, 2.05) is 13.0 Å². The highest BCUT2D eigenvalue weighted by atomic mass is 19.1. The minimum absolute atomic E-state index is 0.0459. The highest BCUT2D eigenvalue weighted by Crippen LogP contribution is 2.24. The van der Waals surface area contributed by atoms with Crippen molar-refractivity contribution < 1.29 is 9.18 Å². The van der Waals surface area contributed by atoms with Gasteiger partial charge in [0.15, 0.2) is 0 Å². The molecule has 4 rings (SSSR count). The Balaban J connectivity index is 1.49. The normalized spacial score (nSPS) is 10.5. The van der Waals surface area contributed by atoms with Crippen molar-refractivity contribution in [3.8, 4) is 16.9 Å². The van der Waals surface area contributed by atoms with Gasteiger partial charge in [-0.25, -0.2) is 9.07 Å². The van der Waals surface area contributed by atoms with Crippen LogP contribution >= 0.6 is 0 Å². The van der Waals surface area contributed by atoms with Gasteiger partial charge < -0.3 is 10.2 Å². The largest absolute Gasteiger partial charge is 0.360 e. The molecule has 1 N–H and O–H groups in total. The molecule has 3 aromatic heterocycles. The molecular weight excluding hydrogens is 395 g/mol. The third-order valence-corrected chi connectivity index (χ3v) is 4.68. The summed E-state index contributed by atoms with van der Waals surface area (Å²) in [6.45, 7) is 8.96. The van der Waals surface area contributed by atoms with Gasteiger partial charge in [0.1, 0.15) is 17.7 Å². The molecule has 8 heteroatoms. The number of pyridine rings is 2. The second-order valence-electron chi connectivity index (χ2n) is 6.80. The van der Waals surface area contributed by atoms with E-state index in [9.17, 15) is 9.18 Å². The van der Waals surface area contributed by atoms with Crippen LogP contribution in [-0.4, -0.2) is 25.7 Å². The fourth-order valence-electron chi connectivity index (χ4n) is 3.03. The maximum Gasteiger partial charge on any atom is 0.272 e. The van der Waals surface area contributed by atoms with E-state index in [0.29, 0.717) is 22.8 Å². The number of benzene rings is 1. The van der Waals surface area contributed by atoms with E-state index in [2.05, 4.69) is 25.2 Å². The van der Waals surface area contributed by atoms with Crippen LogP contribution in [0.15, 0.2) is 67.1 Å². The van der Waals surface area contributed by atoms with Crippen molar-refractivity contribution in [2.24, 2.45) is 0 Å². The lowest BCUT2D eigenvalue weighted by Gasteiger charge is -2.08. The molecule has 0 aliphatic rings. The minimum atomic E-state index is -0.449. The second-order valence-corrected chi connectivity index (χ2v) is 6.80. The van der Waals surface area contributed by atoms with E-state index in [1.54, 1.807) is 53.5 Å². The van der Waals surface area contributed by atoms with E-state index in [4.69, 9.17) is 6.57 Å². The highest BCUT2D eigenvalue weighted by Gasteiger charge is 2.11. The van der Waals surface area contributed by atoms with Gasteiger partial charge in [0.2, 0.25) is 0 Å². The Bertz CT molecular complexity index is 1290. The van der Waals surface area contributed by atoms with Gasteiger partial charge in [-0.2, -0.15) is 5.10 Å². The number of halogens is 1. The average molecular weight is 412 g/mol. The summed E-state index contributed by atoms with van der Waals surface area (Å²) in [6, 6.07) is 13.4. The molecule has 31 heavy (non-hydrogen) atoms. The Morgan fingerprint density at radius 2 is 2.06 bits per heavy atom. The molecule has 0 radical (unpaired) electrons. The summed E-state index contributed by atoms with van der Waals surface area (Å²) >= 11 is 0. The topological polar surface area (TPSA) is 77.1 Å². The quantitative estimate of drug-likeness (QED) is 0.497. The van der Waals surface area contributed by atoms with E-state index < -0.39 is 5.82 Å². The monoisotopic (exact) mass is 412 g/mol. The van der Waals surface area contributed by atoms with Crippen molar-refractivity contribution >= 4 is 11.7 Å². The zero-order valence-corrected chi connectivity index (χ0v) is 16.6. The van der Waals surface area contributed by atoms with Crippen molar-refractivity contribution in [3.63, 3.8) is 0 Å². The van der Waals surface area contributed by atoms with E-state index in [-0.39, 0.29) is 18.1 Å². The first-order valence-electron chi connectivity index (χ1n) is 9.43. The van der Waals surface area contributed by atoms with Crippen LogP contribution in [0, 0.1) is 19.3 Å². The first-order valence-corrected chi connectivity index (χ1v) is 9.43. The predicted molar refractivity (Wildman–Crippen MR) is 113 cm³/mol. The predicted octanol–water partition coefficient (Wildman–Crippen LogP) is 4.26. The molecule has 152 valence electrons. The molecule has 7 nitrogen and oxygen atoms in total. The van der Waals surface area contributed by atoms with Crippen LogP contribution in [0.25, 0.3) is 21.8 Å². The second kappa shape index (κ2) is 8.55. The highest BCUT2D eigenvalue weighted by molar-refractivity contribution is 5.92. The van der Waals surface area contributed by atoms with E-state index in [1.165, 1.54) is 12.3 Å². The Hall–Kier alpha value is -4.38. The molecule has 0 aliphatic heterocycles. The number of hydrogen-bond donors (Lipinski definition) is 1. The molecule has 4 aromatic rings. The number of nitrogens with zero attached hydrogens (tertiary/aromatic N) is 5. The lowest BCUT2D eigenvalue weighted by Crippen LogP contribution is -2.24. The first-order chi connectivity index (χ1) is 15.0. The summed E-state index contributed by atoms with van der Waals surface area (Å²) in [4.78, 5) is 23.6. The van der Waals surface area contributed by atoms with Crippen LogP contribution in [0.3, 0.4) is 0 Å². The molecular formula is C23H17FN6O. The Morgan fingerprint density at radius 1 is 1.19 bits per heavy atom. The van der Waals surface area contributed by atoms with Crippen molar-refractivity contribution in [2.75, 3.05) is 0 Å². The zero-order valence-electron chi connectivity index (χ0n) is 16.6. The standard InChI is InChI=1S/C23H17FN6O/c1-15-11-17(14-27-22(15)25-2)20-8-10-30(29-20)18-7-6-16(19(24)12-18)13-28-23(31)21-5-3-4-9-26-21/h3-12,14H,13H2,1H3,(H,28,31). The molecule has 0 unspecified atom stereocenters. The van der Waals surface area contributed by atoms with Crippen molar-refractivity contribution in [2.45, 2.75) is 13.5 Å². The Morgan fingerprint density at radius 3 is 2.77 bits per heavy atom. The van der Waals surface area contributed by atoms with E-state index >= 15 is 0 Å². The summed E-state index contributed by atoms with van der Waals surface area (Å²) in [6.07, 6.45) is 4.85. The van der Waals surface area contributed by atoms with Gasteiger partial charge in [-0.1, -0.05) is 24.8 Å². The Kier molecular flexibility index (Phi) is 5.49. The number of carbonyl (C=O) groups is 1. The van der Waals surface area contributed by atoms with Crippen LogP contribution in [0.4, 0.5) is 10.2 Å². The SMILES string of the molecule is [C-]#[N+]c1ncc(-c2ccn(-c3ccc(CNC(=O)c4ccccn4)c(F)c3)n2)cc1C. The summed E-state index contributed by atoms with van der Waals surface area (Å²) in [5, 5.41) is 7.15. The maximum atomic E-state index is 14.6. The first kappa shape index (κ1) is 19.9. The van der Waals surface area contributed by atoms with E-state index in [0.717, 1.165) is 11.1 Å². The van der Waals surface area contributed by atoms with Crippen LogP contribution in [0.1, 0.15) is 21.6 Å². The van der Waals surface area contributed by atoms with Gasteiger partial charge in [-0.05, 0) is 42.8 Å².